The van der Waals surface area contributed by atoms with Crippen molar-refractivity contribution in [2.45, 2.75) is 25.4 Å². The van der Waals surface area contributed by atoms with Gasteiger partial charge in [-0.2, -0.15) is 0 Å². The van der Waals surface area contributed by atoms with Gasteiger partial charge in [0.05, 0.1) is 6.54 Å². The first-order valence-corrected chi connectivity index (χ1v) is 9.23. The number of carbonyl (C=O) groups is 1. The fraction of sp³-hybridized carbons (Fsp3) is 0.381. The second-order valence-corrected chi connectivity index (χ2v) is 7.19. The Bertz CT molecular complexity index is 816. The van der Waals surface area contributed by atoms with Gasteiger partial charge < -0.3 is 10.2 Å². The van der Waals surface area contributed by atoms with Crippen LogP contribution in [0.15, 0.2) is 48.5 Å². The van der Waals surface area contributed by atoms with Crippen LogP contribution in [0.1, 0.15) is 24.1 Å². The summed E-state index contributed by atoms with van der Waals surface area (Å²) in [6, 6.07) is 15.0. The number of piperazine rings is 1. The van der Waals surface area contributed by atoms with Crippen LogP contribution in [0.25, 0.3) is 0 Å². The summed E-state index contributed by atoms with van der Waals surface area (Å²) in [5.41, 5.74) is 3.18. The van der Waals surface area contributed by atoms with Crippen LogP contribution < -0.4 is 10.2 Å². The Morgan fingerprint density at radius 3 is 2.85 bits per heavy atom. The summed E-state index contributed by atoms with van der Waals surface area (Å²) in [5.74, 6) is -0.118. The third-order valence-electron chi connectivity index (χ3n) is 5.40. The number of para-hydroxylation sites is 1. The van der Waals surface area contributed by atoms with Crippen molar-refractivity contribution in [3.8, 4) is 0 Å². The fourth-order valence-electron chi connectivity index (χ4n) is 4.17. The Morgan fingerprint density at radius 1 is 1.22 bits per heavy atom. The molecule has 4 nitrogen and oxygen atoms in total. The number of carbonyl (C=O) groups excluding carboxylic acids is 1. The third kappa shape index (κ3) is 4.00. The molecule has 2 aromatic carbocycles. The van der Waals surface area contributed by atoms with E-state index >= 15 is 0 Å². The predicted octanol–water partition coefficient (Wildman–Crippen LogP) is 3.17. The molecule has 27 heavy (non-hydrogen) atoms. The van der Waals surface area contributed by atoms with Crippen LogP contribution in [0.5, 0.6) is 0 Å². The molecule has 0 aromatic heterocycles. The van der Waals surface area contributed by atoms with Gasteiger partial charge >= 0.3 is 0 Å². The topological polar surface area (TPSA) is 35.6 Å². The van der Waals surface area contributed by atoms with Crippen molar-refractivity contribution in [2.75, 3.05) is 31.1 Å². The molecule has 2 aliphatic rings. The largest absolute Gasteiger partial charge is 0.314 e. The average Bonchev–Trinajstić information content (AvgIpc) is 2.98. The lowest BCUT2D eigenvalue weighted by molar-refractivity contribution is -0.120. The molecule has 2 aliphatic heterocycles. The quantitative estimate of drug-likeness (QED) is 0.875. The number of rotatable bonds is 3. The molecule has 2 atom stereocenters. The van der Waals surface area contributed by atoms with E-state index in [-0.39, 0.29) is 36.2 Å². The molecule has 144 valence electrons. The highest BCUT2D eigenvalue weighted by Crippen LogP contribution is 2.32. The van der Waals surface area contributed by atoms with Crippen molar-refractivity contribution in [3.05, 3.63) is 65.5 Å². The van der Waals surface area contributed by atoms with Crippen molar-refractivity contribution in [1.29, 1.82) is 0 Å². The van der Waals surface area contributed by atoms with Gasteiger partial charge in [0.25, 0.3) is 0 Å². The molecule has 1 saturated heterocycles. The van der Waals surface area contributed by atoms with Crippen molar-refractivity contribution >= 4 is 24.0 Å². The van der Waals surface area contributed by atoms with E-state index in [9.17, 15) is 9.18 Å². The van der Waals surface area contributed by atoms with Crippen molar-refractivity contribution in [2.24, 2.45) is 0 Å². The highest BCUT2D eigenvalue weighted by molar-refractivity contribution is 5.97. The fourth-order valence-corrected chi connectivity index (χ4v) is 4.17. The molecule has 0 bridgehead atoms. The van der Waals surface area contributed by atoms with Gasteiger partial charge in [-0.25, -0.2) is 4.39 Å². The van der Waals surface area contributed by atoms with Gasteiger partial charge in [0.2, 0.25) is 5.91 Å². The molecule has 0 spiro atoms. The monoisotopic (exact) mass is 389 g/mol. The SMILES string of the molecule is CC1Cc2ccccc2N1C(=O)CN1CCNCC1c1cccc(F)c1.Cl. The number of nitrogens with zero attached hydrogens (tertiary/aromatic N) is 2. The summed E-state index contributed by atoms with van der Waals surface area (Å²) >= 11 is 0. The van der Waals surface area contributed by atoms with E-state index in [1.807, 2.05) is 29.2 Å². The highest BCUT2D eigenvalue weighted by Gasteiger charge is 2.33. The zero-order valence-electron chi connectivity index (χ0n) is 15.4. The van der Waals surface area contributed by atoms with Gasteiger partial charge in [-0.05, 0) is 42.7 Å². The molecular weight excluding hydrogens is 365 g/mol. The van der Waals surface area contributed by atoms with Gasteiger partial charge in [-0.1, -0.05) is 30.3 Å². The van der Waals surface area contributed by atoms with Gasteiger partial charge in [-0.15, -0.1) is 12.4 Å². The summed E-state index contributed by atoms with van der Waals surface area (Å²) < 4.78 is 13.7. The van der Waals surface area contributed by atoms with Crippen LogP contribution in [-0.4, -0.2) is 43.0 Å². The minimum Gasteiger partial charge on any atom is -0.314 e. The number of halogens is 2. The Labute approximate surface area is 165 Å². The van der Waals surface area contributed by atoms with Gasteiger partial charge in [-0.3, -0.25) is 9.69 Å². The predicted molar refractivity (Wildman–Crippen MR) is 108 cm³/mol. The van der Waals surface area contributed by atoms with E-state index in [4.69, 9.17) is 0 Å². The van der Waals surface area contributed by atoms with E-state index in [0.717, 1.165) is 37.3 Å². The minimum absolute atomic E-state index is 0. The minimum atomic E-state index is -0.235. The summed E-state index contributed by atoms with van der Waals surface area (Å²) in [7, 11) is 0. The number of hydrogen-bond donors (Lipinski definition) is 1. The zero-order chi connectivity index (χ0) is 18.1. The van der Waals surface area contributed by atoms with Crippen LogP contribution >= 0.6 is 12.4 Å². The van der Waals surface area contributed by atoms with Crippen molar-refractivity contribution in [1.82, 2.24) is 10.2 Å². The summed E-state index contributed by atoms with van der Waals surface area (Å²) in [4.78, 5) is 17.2. The molecule has 1 fully saturated rings. The van der Waals surface area contributed by atoms with Crippen molar-refractivity contribution < 1.29 is 9.18 Å². The van der Waals surface area contributed by atoms with E-state index < -0.39 is 0 Å². The summed E-state index contributed by atoms with van der Waals surface area (Å²) in [5, 5.41) is 3.36. The van der Waals surface area contributed by atoms with Crippen LogP contribution in [0.2, 0.25) is 0 Å². The Balaban J connectivity index is 0.00000210. The summed E-state index contributed by atoms with van der Waals surface area (Å²) in [6.45, 7) is 4.78. The first-order valence-electron chi connectivity index (χ1n) is 9.23. The van der Waals surface area contributed by atoms with Crippen LogP contribution in [0.3, 0.4) is 0 Å². The Hall–Kier alpha value is -1.95. The molecule has 2 heterocycles. The number of benzene rings is 2. The second kappa shape index (κ2) is 8.38. The first-order chi connectivity index (χ1) is 12.6. The lowest BCUT2D eigenvalue weighted by Gasteiger charge is -2.37. The molecular formula is C21H25ClFN3O. The van der Waals surface area contributed by atoms with Crippen LogP contribution in [-0.2, 0) is 11.2 Å². The van der Waals surface area contributed by atoms with Crippen molar-refractivity contribution in [3.63, 3.8) is 0 Å². The first kappa shape index (κ1) is 19.8. The van der Waals surface area contributed by atoms with Gasteiger partial charge in [0.1, 0.15) is 5.82 Å². The molecule has 2 aromatic rings. The molecule has 2 unspecified atom stereocenters. The lowest BCUT2D eigenvalue weighted by Crippen LogP contribution is -2.51. The average molecular weight is 390 g/mol. The molecule has 6 heteroatoms. The van der Waals surface area contributed by atoms with E-state index in [0.29, 0.717) is 6.54 Å². The van der Waals surface area contributed by atoms with E-state index in [1.54, 1.807) is 12.1 Å². The second-order valence-electron chi connectivity index (χ2n) is 7.19. The summed E-state index contributed by atoms with van der Waals surface area (Å²) in [6.07, 6.45) is 0.900. The number of fused-ring (bicyclic) bond motifs is 1. The molecule has 4 rings (SSSR count). The molecule has 1 N–H and O–H groups in total. The zero-order valence-corrected chi connectivity index (χ0v) is 16.2. The number of anilines is 1. The van der Waals surface area contributed by atoms with Gasteiger partial charge in [0, 0.05) is 37.4 Å². The Morgan fingerprint density at radius 2 is 2.04 bits per heavy atom. The van der Waals surface area contributed by atoms with Crippen LogP contribution in [0, 0.1) is 5.82 Å². The number of nitrogens with one attached hydrogen (secondary N) is 1. The third-order valence-corrected chi connectivity index (χ3v) is 5.40. The number of hydrogen-bond acceptors (Lipinski definition) is 3. The molecule has 1 amide bonds. The number of amides is 1. The highest BCUT2D eigenvalue weighted by atomic mass is 35.5. The lowest BCUT2D eigenvalue weighted by atomic mass is 10.0. The molecule has 0 aliphatic carbocycles. The van der Waals surface area contributed by atoms with Gasteiger partial charge in [0.15, 0.2) is 0 Å². The maximum Gasteiger partial charge on any atom is 0.241 e. The van der Waals surface area contributed by atoms with Crippen LogP contribution in [0.4, 0.5) is 10.1 Å². The normalized spacial score (nSPS) is 22.2. The maximum atomic E-state index is 13.7. The smallest absolute Gasteiger partial charge is 0.241 e. The standard InChI is InChI=1S/C21H24FN3O.ClH/c1-15-11-16-5-2-3-8-19(16)25(15)21(26)14-24-10-9-23-13-20(24)17-6-4-7-18(22)12-17;/h2-8,12,15,20,23H,9-11,13-14H2,1H3;1H. The molecule has 0 saturated carbocycles. The van der Waals surface area contributed by atoms with E-state index in [1.165, 1.54) is 11.6 Å². The van der Waals surface area contributed by atoms with E-state index in [2.05, 4.69) is 23.2 Å². The Kier molecular flexibility index (Phi) is 6.15. The molecule has 0 radical (unpaired) electrons. The maximum absolute atomic E-state index is 13.7.